The van der Waals surface area contributed by atoms with E-state index in [9.17, 15) is 10.2 Å². The van der Waals surface area contributed by atoms with E-state index < -0.39 is 5.41 Å². The van der Waals surface area contributed by atoms with Crippen LogP contribution in [0, 0.1) is 0 Å². The largest absolute Gasteiger partial charge is 0.494 e. The molecule has 0 saturated carbocycles. The first-order valence-electron chi connectivity index (χ1n) is 15.6. The molecule has 6 aromatic carbocycles. The van der Waals surface area contributed by atoms with Crippen LogP contribution in [0.4, 0.5) is 0 Å². The van der Waals surface area contributed by atoms with Crippen molar-refractivity contribution in [3.63, 3.8) is 0 Å². The highest BCUT2D eigenvalue weighted by molar-refractivity contribution is 5.97. The lowest BCUT2D eigenvalue weighted by Gasteiger charge is -2.34. The molecule has 4 nitrogen and oxygen atoms in total. The number of rotatable bonds is 11. The van der Waals surface area contributed by atoms with Gasteiger partial charge in [-0.25, -0.2) is 0 Å². The second-order valence-electron chi connectivity index (χ2n) is 11.5. The Morgan fingerprint density at radius 1 is 0.489 bits per heavy atom. The molecule has 0 radical (unpaired) electrons. The number of hydrogen-bond donors (Lipinski definition) is 2. The van der Waals surface area contributed by atoms with E-state index in [4.69, 9.17) is 9.47 Å². The summed E-state index contributed by atoms with van der Waals surface area (Å²) in [6, 6.07) is 47.6. The number of benzene rings is 6. The molecule has 1 aliphatic rings. The highest BCUT2D eigenvalue weighted by Gasteiger charge is 2.46. The minimum Gasteiger partial charge on any atom is -0.494 e. The summed E-state index contributed by atoms with van der Waals surface area (Å²) in [5.41, 5.74) is 9.05. The molecular formula is C41H36O4. The summed E-state index contributed by atoms with van der Waals surface area (Å²) >= 11 is 0. The van der Waals surface area contributed by atoms with Gasteiger partial charge in [0.1, 0.15) is 11.5 Å². The molecule has 0 aromatic heterocycles. The van der Waals surface area contributed by atoms with Crippen LogP contribution in [0.15, 0.2) is 133 Å². The summed E-state index contributed by atoms with van der Waals surface area (Å²) in [4.78, 5) is 0. The molecule has 0 unspecified atom stereocenters. The van der Waals surface area contributed by atoms with Crippen molar-refractivity contribution >= 4 is 10.8 Å². The van der Waals surface area contributed by atoms with E-state index in [1.54, 1.807) is 0 Å². The molecule has 4 heteroatoms. The van der Waals surface area contributed by atoms with E-state index in [2.05, 4.69) is 109 Å². The summed E-state index contributed by atoms with van der Waals surface area (Å²) < 4.78 is 11.8. The Labute approximate surface area is 264 Å². The van der Waals surface area contributed by atoms with Gasteiger partial charge in [0.2, 0.25) is 0 Å². The Hall–Kier alpha value is -4.90. The zero-order valence-electron chi connectivity index (χ0n) is 25.2. The Kier molecular flexibility index (Phi) is 8.08. The molecule has 1 aliphatic carbocycles. The normalized spacial score (nSPS) is 12.9. The summed E-state index contributed by atoms with van der Waals surface area (Å²) in [6.07, 6.45) is 1.19. The lowest BCUT2D eigenvalue weighted by Crippen LogP contribution is -2.28. The van der Waals surface area contributed by atoms with Crippen LogP contribution in [0.5, 0.6) is 11.5 Å². The van der Waals surface area contributed by atoms with Crippen LogP contribution >= 0.6 is 0 Å². The van der Waals surface area contributed by atoms with Crippen molar-refractivity contribution in [1.29, 1.82) is 0 Å². The Morgan fingerprint density at radius 3 is 1.69 bits per heavy atom. The average molecular weight is 593 g/mol. The highest BCUT2D eigenvalue weighted by atomic mass is 16.5. The van der Waals surface area contributed by atoms with Crippen LogP contribution in [0.3, 0.4) is 0 Å². The zero-order valence-corrected chi connectivity index (χ0v) is 25.2. The standard InChI is InChI=1S/C41H36O4/c42-24-6-26-44-34-20-16-32(17-21-34)41(33-18-22-35(23-19-33)45-27-7-25-43)38-12-4-3-10-37(38)40-36(11-5-13-39(40)41)31-15-14-29-8-1-2-9-30(29)28-31/h1-5,8-23,28,42-43H,6-7,24-27H2. The minimum atomic E-state index is -0.577. The molecule has 6 aromatic rings. The van der Waals surface area contributed by atoms with Crippen molar-refractivity contribution in [3.05, 3.63) is 156 Å². The molecule has 0 heterocycles. The maximum absolute atomic E-state index is 9.21. The fourth-order valence-electron chi connectivity index (χ4n) is 6.83. The van der Waals surface area contributed by atoms with Gasteiger partial charge in [0, 0.05) is 26.1 Å². The zero-order chi connectivity index (χ0) is 30.6. The molecule has 0 atom stereocenters. The fourth-order valence-corrected chi connectivity index (χ4v) is 6.83. The smallest absolute Gasteiger partial charge is 0.119 e. The maximum Gasteiger partial charge on any atom is 0.119 e. The molecule has 0 spiro atoms. The molecule has 224 valence electrons. The molecule has 7 rings (SSSR count). The van der Waals surface area contributed by atoms with Crippen LogP contribution in [0.1, 0.15) is 35.1 Å². The monoisotopic (exact) mass is 592 g/mol. The van der Waals surface area contributed by atoms with E-state index in [1.165, 1.54) is 44.2 Å². The van der Waals surface area contributed by atoms with Crippen molar-refractivity contribution in [1.82, 2.24) is 0 Å². The molecule has 0 aliphatic heterocycles. The van der Waals surface area contributed by atoms with Crippen molar-refractivity contribution in [2.24, 2.45) is 0 Å². The van der Waals surface area contributed by atoms with Gasteiger partial charge in [-0.2, -0.15) is 0 Å². The third-order valence-electron chi connectivity index (χ3n) is 8.85. The van der Waals surface area contributed by atoms with Gasteiger partial charge in [0.05, 0.1) is 18.6 Å². The number of fused-ring (bicyclic) bond motifs is 4. The van der Waals surface area contributed by atoms with E-state index in [0.717, 1.165) is 22.6 Å². The van der Waals surface area contributed by atoms with E-state index in [0.29, 0.717) is 26.1 Å². The van der Waals surface area contributed by atoms with E-state index >= 15 is 0 Å². The molecule has 0 saturated heterocycles. The van der Waals surface area contributed by atoms with Crippen molar-refractivity contribution in [2.75, 3.05) is 26.4 Å². The third kappa shape index (κ3) is 5.16. The quantitative estimate of drug-likeness (QED) is 0.148. The summed E-state index contributed by atoms with van der Waals surface area (Å²) in [7, 11) is 0. The number of ether oxygens (including phenoxy) is 2. The van der Waals surface area contributed by atoms with Gasteiger partial charge in [0.15, 0.2) is 0 Å². The predicted molar refractivity (Wildman–Crippen MR) is 181 cm³/mol. The molecule has 2 N–H and O–H groups in total. The van der Waals surface area contributed by atoms with Gasteiger partial charge in [-0.3, -0.25) is 0 Å². The van der Waals surface area contributed by atoms with Gasteiger partial charge in [-0.15, -0.1) is 0 Å². The highest BCUT2D eigenvalue weighted by Crippen LogP contribution is 2.58. The van der Waals surface area contributed by atoms with Crippen molar-refractivity contribution in [2.45, 2.75) is 18.3 Å². The lowest BCUT2D eigenvalue weighted by molar-refractivity contribution is 0.233. The predicted octanol–water partition coefficient (Wildman–Crippen LogP) is 8.39. The van der Waals surface area contributed by atoms with Crippen LogP contribution in [0.25, 0.3) is 33.0 Å². The first-order valence-corrected chi connectivity index (χ1v) is 15.6. The first-order chi connectivity index (χ1) is 22.2. The molecular weight excluding hydrogens is 556 g/mol. The third-order valence-corrected chi connectivity index (χ3v) is 8.85. The second kappa shape index (κ2) is 12.6. The maximum atomic E-state index is 9.21. The lowest BCUT2D eigenvalue weighted by atomic mass is 9.67. The number of aliphatic hydroxyl groups is 2. The van der Waals surface area contributed by atoms with Crippen LogP contribution < -0.4 is 9.47 Å². The number of aliphatic hydroxyl groups excluding tert-OH is 2. The molecule has 0 amide bonds. The Bertz CT molecular complexity index is 1870. The molecule has 45 heavy (non-hydrogen) atoms. The summed E-state index contributed by atoms with van der Waals surface area (Å²) in [5.74, 6) is 1.57. The van der Waals surface area contributed by atoms with Gasteiger partial charge in [0.25, 0.3) is 0 Å². The summed E-state index contributed by atoms with van der Waals surface area (Å²) in [6.45, 7) is 1.15. The fraction of sp³-hybridized carbons (Fsp3) is 0.171. The van der Waals surface area contributed by atoms with Gasteiger partial charge < -0.3 is 19.7 Å². The van der Waals surface area contributed by atoms with Crippen molar-refractivity contribution in [3.8, 4) is 33.8 Å². The number of hydrogen-bond acceptors (Lipinski definition) is 4. The van der Waals surface area contributed by atoms with Crippen LogP contribution in [-0.2, 0) is 5.41 Å². The molecule has 0 fully saturated rings. The van der Waals surface area contributed by atoms with Gasteiger partial charge >= 0.3 is 0 Å². The van der Waals surface area contributed by atoms with Crippen LogP contribution in [-0.4, -0.2) is 36.6 Å². The first kappa shape index (κ1) is 28.8. The van der Waals surface area contributed by atoms with Crippen LogP contribution in [0.2, 0.25) is 0 Å². The van der Waals surface area contributed by atoms with E-state index in [1.807, 2.05) is 24.3 Å². The Balaban J connectivity index is 1.44. The van der Waals surface area contributed by atoms with Crippen molar-refractivity contribution < 1.29 is 19.7 Å². The van der Waals surface area contributed by atoms with E-state index in [-0.39, 0.29) is 13.2 Å². The van der Waals surface area contributed by atoms with Gasteiger partial charge in [-0.1, -0.05) is 103 Å². The Morgan fingerprint density at radius 2 is 1.04 bits per heavy atom. The SMILES string of the molecule is OCCCOc1ccc(C2(c3ccc(OCCCO)cc3)c3ccccc3-c3c(-c4ccc5ccccc5c4)cccc32)cc1. The average Bonchev–Trinajstić information content (AvgIpc) is 3.40. The topological polar surface area (TPSA) is 58.9 Å². The summed E-state index contributed by atoms with van der Waals surface area (Å²) in [5, 5.41) is 20.9. The minimum absolute atomic E-state index is 0.105. The van der Waals surface area contributed by atoms with Gasteiger partial charge in [-0.05, 0) is 85.6 Å². The second-order valence-corrected chi connectivity index (χ2v) is 11.5. The molecule has 0 bridgehead atoms.